The van der Waals surface area contributed by atoms with Crippen LogP contribution in [-0.2, 0) is 19.1 Å². The van der Waals surface area contributed by atoms with Crippen molar-refractivity contribution in [1.82, 2.24) is 0 Å². The van der Waals surface area contributed by atoms with E-state index in [1.54, 1.807) is 0 Å². The van der Waals surface area contributed by atoms with Crippen molar-refractivity contribution in [3.63, 3.8) is 0 Å². The Bertz CT molecular complexity index is 145. The van der Waals surface area contributed by atoms with Crippen molar-refractivity contribution in [2.45, 2.75) is 25.7 Å². The van der Waals surface area contributed by atoms with E-state index < -0.39 is 0 Å². The summed E-state index contributed by atoms with van der Waals surface area (Å²) in [6, 6.07) is 0. The van der Waals surface area contributed by atoms with Crippen molar-refractivity contribution in [2.75, 3.05) is 14.2 Å². The molecule has 0 rings (SSSR count). The topological polar surface area (TPSA) is 52.6 Å². The predicted octanol–water partition coefficient (Wildman–Crippen LogP) is -1.99. The Morgan fingerprint density at radius 1 is 1.00 bits per heavy atom. The van der Waals surface area contributed by atoms with Crippen LogP contribution in [0.15, 0.2) is 0 Å². The van der Waals surface area contributed by atoms with Gasteiger partial charge in [0.2, 0.25) is 0 Å². The predicted molar refractivity (Wildman–Crippen MR) is 43.6 cm³/mol. The van der Waals surface area contributed by atoms with E-state index in [-0.39, 0.29) is 42.9 Å². The van der Waals surface area contributed by atoms with E-state index in [2.05, 4.69) is 9.47 Å². The first kappa shape index (κ1) is 15.4. The Kier molecular flexibility index (Phi) is 11.9. The number of carbonyl (C=O) groups excluding carboxylic acids is 2. The van der Waals surface area contributed by atoms with Gasteiger partial charge in [-0.15, -0.1) is 0 Å². The summed E-state index contributed by atoms with van der Waals surface area (Å²) in [5, 5.41) is 0. The molecule has 0 N–H and O–H groups in total. The van der Waals surface area contributed by atoms with E-state index in [0.717, 1.165) is 0 Å². The summed E-state index contributed by atoms with van der Waals surface area (Å²) in [6.45, 7) is 0. The van der Waals surface area contributed by atoms with Gasteiger partial charge in [-0.25, -0.2) is 0 Å². The molecule has 0 radical (unpaired) electrons. The van der Waals surface area contributed by atoms with Crippen LogP contribution in [0, 0.1) is 0 Å². The third-order valence-corrected chi connectivity index (χ3v) is 1.47. The summed E-state index contributed by atoms with van der Waals surface area (Å²) in [4.78, 5) is 21.2. The van der Waals surface area contributed by atoms with Gasteiger partial charge in [-0.05, 0) is 12.8 Å². The van der Waals surface area contributed by atoms with Crippen LogP contribution in [0.1, 0.15) is 27.1 Å². The fraction of sp³-hybridized carbons (Fsp3) is 0.750. The Hall–Kier alpha value is -0.0600. The molecule has 0 aliphatic heterocycles. The number of methoxy groups -OCH3 is 2. The second kappa shape index (κ2) is 10.0. The summed E-state index contributed by atoms with van der Waals surface area (Å²) >= 11 is 0. The minimum atomic E-state index is -0.236. The molecule has 0 aliphatic carbocycles. The van der Waals surface area contributed by atoms with Crippen molar-refractivity contribution in [3.8, 4) is 0 Å². The molecule has 0 saturated heterocycles. The van der Waals surface area contributed by atoms with Crippen molar-refractivity contribution in [2.24, 2.45) is 0 Å². The quantitative estimate of drug-likeness (QED) is 0.291. The number of esters is 2. The first-order chi connectivity index (χ1) is 5.70. The number of rotatable bonds is 5. The zero-order chi connectivity index (χ0) is 9.40. The number of hydrogen-bond donors (Lipinski definition) is 0. The molecule has 0 fully saturated rings. The maximum atomic E-state index is 10.6. The Morgan fingerprint density at radius 2 is 1.31 bits per heavy atom. The largest absolute Gasteiger partial charge is 1.00 e. The van der Waals surface area contributed by atoms with Crippen LogP contribution in [-0.4, -0.2) is 26.2 Å². The van der Waals surface area contributed by atoms with Crippen molar-refractivity contribution in [1.29, 1.82) is 0 Å². The van der Waals surface area contributed by atoms with Crippen LogP contribution in [0.25, 0.3) is 0 Å². The van der Waals surface area contributed by atoms with Gasteiger partial charge in [-0.2, -0.15) is 0 Å². The van der Waals surface area contributed by atoms with E-state index in [9.17, 15) is 9.59 Å². The van der Waals surface area contributed by atoms with Gasteiger partial charge in [-0.1, -0.05) is 0 Å². The number of carbonyl (C=O) groups is 2. The van der Waals surface area contributed by atoms with Gasteiger partial charge in [0, 0.05) is 12.8 Å². The molecule has 0 heterocycles. The second-order valence-corrected chi connectivity index (χ2v) is 2.36. The molecular weight excluding hydrogens is 183 g/mol. The minimum Gasteiger partial charge on any atom is -1.00 e. The molecule has 0 aromatic heterocycles. The van der Waals surface area contributed by atoms with E-state index in [4.69, 9.17) is 0 Å². The maximum Gasteiger partial charge on any atom is 1.00 e. The van der Waals surface area contributed by atoms with Gasteiger partial charge >= 0.3 is 41.5 Å². The van der Waals surface area contributed by atoms with Gasteiger partial charge in [-0.3, -0.25) is 9.59 Å². The summed E-state index contributed by atoms with van der Waals surface area (Å²) in [5.74, 6) is -0.472. The molecule has 0 amide bonds. The smallest absolute Gasteiger partial charge is 1.00 e. The monoisotopic (exact) mass is 198 g/mol. The normalized spacial score (nSPS) is 8.46. The SMILES string of the molecule is COC(=O)CCCCC(=O)OC.[H-].[Na+]. The third kappa shape index (κ3) is 9.86. The van der Waals surface area contributed by atoms with Crippen molar-refractivity contribution < 1.29 is 50.0 Å². The average molecular weight is 198 g/mol. The molecule has 0 aromatic rings. The van der Waals surface area contributed by atoms with Gasteiger partial charge < -0.3 is 10.9 Å². The average Bonchev–Trinajstić information content (AvgIpc) is 2.11. The van der Waals surface area contributed by atoms with Gasteiger partial charge in [0.1, 0.15) is 0 Å². The fourth-order valence-corrected chi connectivity index (χ4v) is 0.743. The number of hydrogen-bond acceptors (Lipinski definition) is 4. The van der Waals surface area contributed by atoms with Crippen LogP contribution in [0.3, 0.4) is 0 Å². The fourth-order valence-electron chi connectivity index (χ4n) is 0.743. The minimum absolute atomic E-state index is 0. The molecular formula is C8H15NaO4. The third-order valence-electron chi connectivity index (χ3n) is 1.47. The van der Waals surface area contributed by atoms with E-state index in [1.807, 2.05) is 0 Å². The van der Waals surface area contributed by atoms with E-state index >= 15 is 0 Å². The van der Waals surface area contributed by atoms with Crippen molar-refractivity contribution in [3.05, 3.63) is 0 Å². The van der Waals surface area contributed by atoms with Crippen molar-refractivity contribution >= 4 is 11.9 Å². The molecule has 13 heavy (non-hydrogen) atoms. The second-order valence-electron chi connectivity index (χ2n) is 2.36. The molecule has 0 aromatic carbocycles. The van der Waals surface area contributed by atoms with Crippen LogP contribution in [0.2, 0.25) is 0 Å². The van der Waals surface area contributed by atoms with Crippen LogP contribution in [0.4, 0.5) is 0 Å². The summed E-state index contributed by atoms with van der Waals surface area (Å²) < 4.78 is 8.86. The van der Waals surface area contributed by atoms with Gasteiger partial charge in [0.05, 0.1) is 14.2 Å². The number of unbranched alkanes of at least 4 members (excludes halogenated alkanes) is 1. The summed E-state index contributed by atoms with van der Waals surface area (Å²) in [7, 11) is 2.70. The zero-order valence-electron chi connectivity index (χ0n) is 9.46. The standard InChI is InChI=1S/C8H14O4.Na.H/c1-11-7(9)5-3-4-6-8(10)12-2;;/h3-6H2,1-2H3;;/q;+1;-1. The molecule has 0 saturated carbocycles. The zero-order valence-corrected chi connectivity index (χ0v) is 10.5. The molecule has 0 bridgehead atoms. The Balaban J connectivity index is -0.000000605. The van der Waals surface area contributed by atoms with Crippen LogP contribution >= 0.6 is 0 Å². The maximum absolute atomic E-state index is 10.6. The molecule has 4 nitrogen and oxygen atoms in total. The molecule has 5 heteroatoms. The van der Waals surface area contributed by atoms with E-state index in [1.165, 1.54) is 14.2 Å². The molecule has 0 spiro atoms. The summed E-state index contributed by atoms with van der Waals surface area (Å²) in [5.41, 5.74) is 0. The molecule has 0 unspecified atom stereocenters. The molecule has 72 valence electrons. The van der Waals surface area contributed by atoms with Gasteiger partial charge in [0.25, 0.3) is 0 Å². The van der Waals surface area contributed by atoms with Crippen LogP contribution < -0.4 is 29.6 Å². The number of ether oxygens (including phenoxy) is 2. The van der Waals surface area contributed by atoms with Crippen LogP contribution in [0.5, 0.6) is 0 Å². The van der Waals surface area contributed by atoms with Gasteiger partial charge in [0.15, 0.2) is 0 Å². The first-order valence-corrected chi connectivity index (χ1v) is 3.84. The Labute approximate surface area is 102 Å². The summed E-state index contributed by atoms with van der Waals surface area (Å²) in [6.07, 6.45) is 2.07. The first-order valence-electron chi connectivity index (χ1n) is 3.84. The van der Waals surface area contributed by atoms with E-state index in [0.29, 0.717) is 25.7 Å². The molecule has 0 aliphatic rings. The Morgan fingerprint density at radius 3 is 1.54 bits per heavy atom. The molecule has 0 atom stereocenters.